The van der Waals surface area contributed by atoms with Crippen LogP contribution in [-0.2, 0) is 0 Å². The lowest BCUT2D eigenvalue weighted by atomic mass is 10.3. The van der Waals surface area contributed by atoms with Crippen LogP contribution in [0.3, 0.4) is 0 Å². The first kappa shape index (κ1) is 16.2. The number of thiophene rings is 1. The Morgan fingerprint density at radius 2 is 1.90 bits per heavy atom. The van der Waals surface area contributed by atoms with Crippen LogP contribution in [-0.4, -0.2) is 17.6 Å². The van der Waals surface area contributed by atoms with Gasteiger partial charge in [0.15, 0.2) is 0 Å². The minimum Gasteiger partial charge on any atom is -0.384 e. The van der Waals surface area contributed by atoms with Gasteiger partial charge in [-0.05, 0) is 24.3 Å². The molecular weight excluding hydrogens is 353 g/mol. The van der Waals surface area contributed by atoms with Crippen LogP contribution in [0.25, 0.3) is 0 Å². The third kappa shape index (κ3) is 4.13. The molecule has 0 aliphatic carbocycles. The van der Waals surface area contributed by atoms with E-state index in [0.717, 1.165) is 0 Å². The highest BCUT2D eigenvalue weighted by atomic mass is 35.5. The van der Waals surface area contributed by atoms with Gasteiger partial charge in [-0.2, -0.15) is 0 Å². The van der Waals surface area contributed by atoms with E-state index in [1.54, 1.807) is 12.1 Å². The zero-order valence-electron chi connectivity index (χ0n) is 10.4. The van der Waals surface area contributed by atoms with Gasteiger partial charge in [0, 0.05) is 0 Å². The number of amides is 1. The smallest absolute Gasteiger partial charge is 0.265 e. The first-order valence-corrected chi connectivity index (χ1v) is 7.61. The van der Waals surface area contributed by atoms with Gasteiger partial charge in [-0.1, -0.05) is 46.6 Å². The Hall–Kier alpha value is -1.22. The maximum atomic E-state index is 12.1. The van der Waals surface area contributed by atoms with Crippen molar-refractivity contribution < 1.29 is 9.90 Å². The third-order valence-corrected chi connectivity index (χ3v) is 4.41. The van der Waals surface area contributed by atoms with Crippen molar-refractivity contribution >= 4 is 57.7 Å². The summed E-state index contributed by atoms with van der Waals surface area (Å²) >= 11 is 18.9. The van der Waals surface area contributed by atoms with Gasteiger partial charge < -0.3 is 10.4 Å². The molecule has 1 aromatic heterocycles. The number of aliphatic hydroxyl groups is 1. The maximum Gasteiger partial charge on any atom is 0.265 e. The highest BCUT2D eigenvalue weighted by molar-refractivity contribution is 7.14. The molecule has 0 spiro atoms. The standard InChI is InChI=1S/C14H8Cl3NO2S/c15-9-6-11(17)12(7-10(9)16)18-14(20)13-4-3-8(21-13)2-1-5-19/h3-4,6-7,19H,5H2,(H,18,20). The largest absolute Gasteiger partial charge is 0.384 e. The van der Waals surface area contributed by atoms with Crippen LogP contribution in [0.15, 0.2) is 24.3 Å². The number of hydrogen-bond donors (Lipinski definition) is 2. The molecule has 0 fully saturated rings. The molecule has 108 valence electrons. The lowest BCUT2D eigenvalue weighted by molar-refractivity contribution is 0.103. The van der Waals surface area contributed by atoms with Gasteiger partial charge in [-0.25, -0.2) is 0 Å². The summed E-state index contributed by atoms with van der Waals surface area (Å²) in [6.45, 7) is -0.224. The zero-order valence-corrected chi connectivity index (χ0v) is 13.5. The van der Waals surface area contributed by atoms with E-state index < -0.39 is 0 Å². The summed E-state index contributed by atoms with van der Waals surface area (Å²) in [6.07, 6.45) is 0. The Bertz CT molecular complexity index is 746. The van der Waals surface area contributed by atoms with E-state index in [-0.39, 0.29) is 12.5 Å². The molecule has 0 atom stereocenters. The van der Waals surface area contributed by atoms with Gasteiger partial charge in [-0.15, -0.1) is 11.3 Å². The second kappa shape index (κ2) is 7.17. The molecule has 0 saturated heterocycles. The number of aliphatic hydroxyl groups excluding tert-OH is 1. The summed E-state index contributed by atoms with van der Waals surface area (Å²) in [5, 5.41) is 12.2. The number of carbonyl (C=O) groups is 1. The van der Waals surface area contributed by atoms with Crippen molar-refractivity contribution in [1.82, 2.24) is 0 Å². The summed E-state index contributed by atoms with van der Waals surface area (Å²) in [5.41, 5.74) is 0.382. The number of carbonyl (C=O) groups excluding carboxylic acids is 1. The maximum absolute atomic E-state index is 12.1. The molecule has 0 aliphatic heterocycles. The molecule has 3 nitrogen and oxygen atoms in total. The van der Waals surface area contributed by atoms with Gasteiger partial charge in [0.2, 0.25) is 0 Å². The Kier molecular flexibility index (Phi) is 5.51. The zero-order chi connectivity index (χ0) is 15.4. The lowest BCUT2D eigenvalue weighted by Gasteiger charge is -2.07. The van der Waals surface area contributed by atoms with Crippen molar-refractivity contribution in [2.75, 3.05) is 11.9 Å². The fourth-order valence-electron chi connectivity index (χ4n) is 1.46. The number of hydrogen-bond acceptors (Lipinski definition) is 3. The number of anilines is 1. The second-order valence-electron chi connectivity index (χ2n) is 3.82. The highest BCUT2D eigenvalue weighted by Crippen LogP contribution is 2.32. The first-order chi connectivity index (χ1) is 10.0. The topological polar surface area (TPSA) is 49.3 Å². The van der Waals surface area contributed by atoms with Gasteiger partial charge >= 0.3 is 0 Å². The average molecular weight is 361 g/mol. The van der Waals surface area contributed by atoms with Crippen molar-refractivity contribution in [3.63, 3.8) is 0 Å². The Morgan fingerprint density at radius 1 is 1.19 bits per heavy atom. The average Bonchev–Trinajstić information content (AvgIpc) is 2.91. The fourth-order valence-corrected chi connectivity index (χ4v) is 2.83. The van der Waals surface area contributed by atoms with Crippen LogP contribution in [0.1, 0.15) is 14.5 Å². The Balaban J connectivity index is 2.18. The van der Waals surface area contributed by atoms with Crippen LogP contribution < -0.4 is 5.32 Å². The number of nitrogens with one attached hydrogen (secondary N) is 1. The molecule has 2 rings (SSSR count). The molecule has 7 heteroatoms. The molecule has 2 aromatic rings. The van der Waals surface area contributed by atoms with Gasteiger partial charge in [0.1, 0.15) is 6.61 Å². The number of benzene rings is 1. The van der Waals surface area contributed by atoms with Crippen molar-refractivity contribution in [3.05, 3.63) is 49.1 Å². The fraction of sp³-hybridized carbons (Fsp3) is 0.0714. The van der Waals surface area contributed by atoms with Crippen LogP contribution in [0, 0.1) is 11.8 Å². The Labute approximate surface area is 140 Å². The molecule has 1 aromatic carbocycles. The van der Waals surface area contributed by atoms with Crippen molar-refractivity contribution in [2.24, 2.45) is 0 Å². The molecule has 0 aliphatic rings. The van der Waals surface area contributed by atoms with Crippen LogP contribution in [0.2, 0.25) is 15.1 Å². The van der Waals surface area contributed by atoms with E-state index in [2.05, 4.69) is 17.2 Å². The SMILES string of the molecule is O=C(Nc1cc(Cl)c(Cl)cc1Cl)c1ccc(C#CCO)s1. The number of halogens is 3. The molecule has 1 amide bonds. The minimum atomic E-state index is -0.322. The molecule has 1 heterocycles. The van der Waals surface area contributed by atoms with Gasteiger partial charge in [-0.3, -0.25) is 4.79 Å². The lowest BCUT2D eigenvalue weighted by Crippen LogP contribution is -2.10. The van der Waals surface area contributed by atoms with E-state index in [9.17, 15) is 4.79 Å². The summed E-state index contributed by atoms with van der Waals surface area (Å²) in [5.74, 6) is 4.93. The normalized spacial score (nSPS) is 9.90. The molecule has 2 N–H and O–H groups in total. The monoisotopic (exact) mass is 359 g/mol. The highest BCUT2D eigenvalue weighted by Gasteiger charge is 2.12. The van der Waals surface area contributed by atoms with Crippen molar-refractivity contribution in [3.8, 4) is 11.8 Å². The molecule has 21 heavy (non-hydrogen) atoms. The van der Waals surface area contributed by atoms with E-state index in [4.69, 9.17) is 39.9 Å². The van der Waals surface area contributed by atoms with Gasteiger partial charge in [0.25, 0.3) is 5.91 Å². The van der Waals surface area contributed by atoms with Crippen LogP contribution in [0.5, 0.6) is 0 Å². The van der Waals surface area contributed by atoms with Gasteiger partial charge in [0.05, 0.1) is 30.5 Å². The predicted octanol–water partition coefficient (Wildman–Crippen LogP) is 4.30. The van der Waals surface area contributed by atoms with Crippen LogP contribution >= 0.6 is 46.1 Å². The first-order valence-electron chi connectivity index (χ1n) is 5.66. The number of rotatable bonds is 2. The summed E-state index contributed by atoms with van der Waals surface area (Å²) in [4.78, 5) is 13.3. The van der Waals surface area contributed by atoms with Crippen LogP contribution in [0.4, 0.5) is 5.69 Å². The molecule has 0 unspecified atom stereocenters. The minimum absolute atomic E-state index is 0.224. The summed E-state index contributed by atoms with van der Waals surface area (Å²) in [7, 11) is 0. The van der Waals surface area contributed by atoms with Crippen molar-refractivity contribution in [1.29, 1.82) is 0 Å². The molecule has 0 radical (unpaired) electrons. The quantitative estimate of drug-likeness (QED) is 0.619. The second-order valence-corrected chi connectivity index (χ2v) is 6.13. The third-order valence-electron chi connectivity index (χ3n) is 2.38. The summed E-state index contributed by atoms with van der Waals surface area (Å²) in [6, 6.07) is 6.31. The molecule has 0 saturated carbocycles. The van der Waals surface area contributed by atoms with E-state index >= 15 is 0 Å². The molecule has 0 bridgehead atoms. The van der Waals surface area contributed by atoms with E-state index in [1.165, 1.54) is 23.5 Å². The molecular formula is C14H8Cl3NO2S. The Morgan fingerprint density at radius 3 is 2.62 bits per heavy atom. The summed E-state index contributed by atoms with van der Waals surface area (Å²) < 4.78 is 0. The van der Waals surface area contributed by atoms with Crippen molar-refractivity contribution in [2.45, 2.75) is 0 Å². The van der Waals surface area contributed by atoms with E-state index in [1.807, 2.05) is 0 Å². The van der Waals surface area contributed by atoms with E-state index in [0.29, 0.717) is 30.5 Å². The predicted molar refractivity (Wildman–Crippen MR) is 87.7 cm³/mol.